The lowest BCUT2D eigenvalue weighted by Gasteiger charge is -2.20. The minimum atomic E-state index is 0.0150. The zero-order valence-corrected chi connectivity index (χ0v) is 11.7. The zero-order valence-electron chi connectivity index (χ0n) is 11.7. The van der Waals surface area contributed by atoms with Crippen molar-refractivity contribution >= 4 is 0 Å². The van der Waals surface area contributed by atoms with Gasteiger partial charge in [-0.15, -0.1) is 0 Å². The fraction of sp³-hybridized carbons (Fsp3) is 0.571. The highest BCUT2D eigenvalue weighted by Crippen LogP contribution is 2.26. The fourth-order valence-corrected chi connectivity index (χ4v) is 1.98. The average Bonchev–Trinajstić information content (AvgIpc) is 2.37. The number of rotatable bonds is 7. The van der Waals surface area contributed by atoms with Gasteiger partial charge >= 0.3 is 0 Å². The standard InChI is InChI=1S/C14H24N2O2/c1-5-6-18-9-13(16-15)12-7-11(3)14(17-4)8-10(12)2/h7-8,13,16H,5-6,9,15H2,1-4H3. The molecule has 1 aromatic carbocycles. The Hall–Kier alpha value is -1.10. The summed E-state index contributed by atoms with van der Waals surface area (Å²) < 4.78 is 10.9. The molecular formula is C14H24N2O2. The molecule has 0 saturated carbocycles. The Bertz CT molecular complexity index is 380. The van der Waals surface area contributed by atoms with Crippen molar-refractivity contribution in [3.05, 3.63) is 28.8 Å². The van der Waals surface area contributed by atoms with Gasteiger partial charge in [-0.1, -0.05) is 13.0 Å². The maximum atomic E-state index is 5.62. The average molecular weight is 252 g/mol. The third-order valence-electron chi connectivity index (χ3n) is 2.99. The number of nitrogens with two attached hydrogens (primary N) is 1. The van der Waals surface area contributed by atoms with Crippen LogP contribution in [-0.2, 0) is 4.74 Å². The summed E-state index contributed by atoms with van der Waals surface area (Å²) in [6, 6.07) is 4.16. The smallest absolute Gasteiger partial charge is 0.122 e. The first-order valence-corrected chi connectivity index (χ1v) is 6.33. The second-order valence-electron chi connectivity index (χ2n) is 4.47. The number of benzene rings is 1. The van der Waals surface area contributed by atoms with Crippen molar-refractivity contribution in [2.24, 2.45) is 5.84 Å². The van der Waals surface area contributed by atoms with Crippen LogP contribution in [0, 0.1) is 13.8 Å². The molecule has 0 aliphatic heterocycles. The van der Waals surface area contributed by atoms with Crippen LogP contribution in [0.4, 0.5) is 0 Å². The highest BCUT2D eigenvalue weighted by Gasteiger charge is 2.14. The van der Waals surface area contributed by atoms with Gasteiger partial charge < -0.3 is 9.47 Å². The Balaban J connectivity index is 2.88. The summed E-state index contributed by atoms with van der Waals surface area (Å²) in [4.78, 5) is 0. The molecule has 0 amide bonds. The van der Waals surface area contributed by atoms with E-state index in [9.17, 15) is 0 Å². The van der Waals surface area contributed by atoms with Crippen LogP contribution >= 0.6 is 0 Å². The van der Waals surface area contributed by atoms with E-state index in [4.69, 9.17) is 15.3 Å². The van der Waals surface area contributed by atoms with Gasteiger partial charge in [0.1, 0.15) is 5.75 Å². The molecule has 4 heteroatoms. The van der Waals surface area contributed by atoms with E-state index < -0.39 is 0 Å². The topological polar surface area (TPSA) is 56.5 Å². The normalized spacial score (nSPS) is 12.5. The number of ether oxygens (including phenoxy) is 2. The Morgan fingerprint density at radius 2 is 2.00 bits per heavy atom. The summed E-state index contributed by atoms with van der Waals surface area (Å²) in [6.45, 7) is 7.51. The van der Waals surface area contributed by atoms with Gasteiger partial charge in [-0.05, 0) is 43.0 Å². The van der Waals surface area contributed by atoms with Gasteiger partial charge in [-0.2, -0.15) is 0 Å². The monoisotopic (exact) mass is 252 g/mol. The van der Waals surface area contributed by atoms with E-state index in [-0.39, 0.29) is 6.04 Å². The SMILES string of the molecule is CCCOCC(NN)c1cc(C)c(OC)cc1C. The lowest BCUT2D eigenvalue weighted by Crippen LogP contribution is -2.32. The van der Waals surface area contributed by atoms with Crippen molar-refractivity contribution in [2.45, 2.75) is 33.2 Å². The largest absolute Gasteiger partial charge is 0.496 e. The summed E-state index contributed by atoms with van der Waals surface area (Å²) in [7, 11) is 1.68. The Morgan fingerprint density at radius 3 is 2.56 bits per heavy atom. The summed E-state index contributed by atoms with van der Waals surface area (Å²) in [6.07, 6.45) is 1.01. The molecule has 0 bridgehead atoms. The Kier molecular flexibility index (Phi) is 6.12. The van der Waals surface area contributed by atoms with Crippen molar-refractivity contribution in [1.29, 1.82) is 0 Å². The van der Waals surface area contributed by atoms with Crippen LogP contribution in [0.25, 0.3) is 0 Å². The predicted octanol–water partition coefficient (Wildman–Crippen LogP) is 2.24. The number of nitrogens with one attached hydrogen (secondary N) is 1. The molecule has 3 N–H and O–H groups in total. The first-order valence-electron chi connectivity index (χ1n) is 6.33. The van der Waals surface area contributed by atoms with Crippen LogP contribution in [-0.4, -0.2) is 20.3 Å². The van der Waals surface area contributed by atoms with E-state index in [1.807, 2.05) is 13.0 Å². The fourth-order valence-electron chi connectivity index (χ4n) is 1.98. The number of hydrazine groups is 1. The van der Waals surface area contributed by atoms with Gasteiger partial charge in [0.25, 0.3) is 0 Å². The molecule has 0 heterocycles. The van der Waals surface area contributed by atoms with Crippen LogP contribution in [0.5, 0.6) is 5.75 Å². The molecule has 1 atom stereocenters. The summed E-state index contributed by atoms with van der Waals surface area (Å²) in [5.74, 6) is 6.52. The van der Waals surface area contributed by atoms with Gasteiger partial charge in [0.05, 0.1) is 19.8 Å². The van der Waals surface area contributed by atoms with Gasteiger partial charge in [0.2, 0.25) is 0 Å². The highest BCUT2D eigenvalue weighted by molar-refractivity contribution is 5.42. The summed E-state index contributed by atoms with van der Waals surface area (Å²) in [5, 5.41) is 0. The van der Waals surface area contributed by atoms with Crippen molar-refractivity contribution in [3.8, 4) is 5.75 Å². The molecule has 0 fully saturated rings. The molecule has 4 nitrogen and oxygen atoms in total. The van der Waals surface area contributed by atoms with E-state index in [2.05, 4.69) is 25.3 Å². The molecule has 18 heavy (non-hydrogen) atoms. The molecule has 0 radical (unpaired) electrons. The van der Waals surface area contributed by atoms with Crippen LogP contribution in [0.1, 0.15) is 36.1 Å². The van der Waals surface area contributed by atoms with E-state index in [1.54, 1.807) is 7.11 Å². The second kappa shape index (κ2) is 7.36. The maximum absolute atomic E-state index is 5.62. The Labute approximate surface area is 109 Å². The summed E-state index contributed by atoms with van der Waals surface area (Å²) >= 11 is 0. The molecule has 0 aliphatic rings. The molecule has 0 aromatic heterocycles. The third kappa shape index (κ3) is 3.70. The minimum absolute atomic E-state index is 0.0150. The van der Waals surface area contributed by atoms with Crippen molar-refractivity contribution < 1.29 is 9.47 Å². The van der Waals surface area contributed by atoms with Gasteiger partial charge in [-0.3, -0.25) is 11.3 Å². The lowest BCUT2D eigenvalue weighted by atomic mass is 9.99. The highest BCUT2D eigenvalue weighted by atomic mass is 16.5. The number of aryl methyl sites for hydroxylation is 2. The van der Waals surface area contributed by atoms with Crippen molar-refractivity contribution in [1.82, 2.24) is 5.43 Å². The Morgan fingerprint density at radius 1 is 1.28 bits per heavy atom. The van der Waals surface area contributed by atoms with E-state index in [0.717, 1.165) is 35.5 Å². The van der Waals surface area contributed by atoms with E-state index in [0.29, 0.717) is 6.61 Å². The molecule has 0 saturated heterocycles. The molecule has 1 aromatic rings. The van der Waals surface area contributed by atoms with E-state index >= 15 is 0 Å². The zero-order chi connectivity index (χ0) is 13.5. The van der Waals surface area contributed by atoms with Crippen LogP contribution in [0.15, 0.2) is 12.1 Å². The molecule has 0 spiro atoms. The van der Waals surface area contributed by atoms with Crippen molar-refractivity contribution in [2.75, 3.05) is 20.3 Å². The van der Waals surface area contributed by atoms with Gasteiger partial charge in [-0.25, -0.2) is 0 Å². The quantitative estimate of drug-likeness (QED) is 0.444. The van der Waals surface area contributed by atoms with Crippen LogP contribution < -0.4 is 16.0 Å². The van der Waals surface area contributed by atoms with Gasteiger partial charge in [0, 0.05) is 6.61 Å². The third-order valence-corrected chi connectivity index (χ3v) is 2.99. The second-order valence-corrected chi connectivity index (χ2v) is 4.47. The molecular weight excluding hydrogens is 228 g/mol. The van der Waals surface area contributed by atoms with Crippen molar-refractivity contribution in [3.63, 3.8) is 0 Å². The molecule has 1 rings (SSSR count). The van der Waals surface area contributed by atoms with Gasteiger partial charge in [0.15, 0.2) is 0 Å². The molecule has 1 unspecified atom stereocenters. The maximum Gasteiger partial charge on any atom is 0.122 e. The number of hydrogen-bond donors (Lipinski definition) is 2. The molecule has 0 aliphatic carbocycles. The predicted molar refractivity (Wildman–Crippen MR) is 73.6 cm³/mol. The first kappa shape index (κ1) is 15.0. The van der Waals surface area contributed by atoms with Crippen LogP contribution in [0.3, 0.4) is 0 Å². The van der Waals surface area contributed by atoms with E-state index in [1.165, 1.54) is 0 Å². The van der Waals surface area contributed by atoms with Crippen LogP contribution in [0.2, 0.25) is 0 Å². The lowest BCUT2D eigenvalue weighted by molar-refractivity contribution is 0.112. The number of methoxy groups -OCH3 is 1. The number of hydrogen-bond acceptors (Lipinski definition) is 4. The molecule has 102 valence electrons. The minimum Gasteiger partial charge on any atom is -0.496 e. The summed E-state index contributed by atoms with van der Waals surface area (Å²) in [5.41, 5.74) is 6.23. The first-order chi connectivity index (χ1) is 8.63.